The van der Waals surface area contributed by atoms with Gasteiger partial charge in [-0.2, -0.15) is 4.98 Å². The molecule has 1 saturated heterocycles. The molecule has 0 aliphatic carbocycles. The lowest BCUT2D eigenvalue weighted by molar-refractivity contribution is -0.0551. The van der Waals surface area contributed by atoms with Crippen LogP contribution in [0, 0.1) is 5.92 Å². The van der Waals surface area contributed by atoms with Crippen molar-refractivity contribution in [2.24, 2.45) is 5.92 Å². The van der Waals surface area contributed by atoms with Crippen LogP contribution in [0.25, 0.3) is 0 Å². The van der Waals surface area contributed by atoms with E-state index >= 15 is 0 Å². The second kappa shape index (κ2) is 6.52. The third-order valence-electron chi connectivity index (χ3n) is 3.16. The number of aliphatic hydroxyl groups excluding tert-OH is 3. The number of ether oxygens (including phenoxy) is 2. The van der Waals surface area contributed by atoms with Gasteiger partial charge in [-0.3, -0.25) is 4.57 Å². The Hall–Kier alpha value is -1.48. The third-order valence-corrected chi connectivity index (χ3v) is 3.16. The first-order chi connectivity index (χ1) is 9.93. The van der Waals surface area contributed by atoms with E-state index in [0.29, 0.717) is 12.5 Å². The number of aliphatic hydroxyl groups is 3. The second-order valence-corrected chi connectivity index (χ2v) is 5.39. The fourth-order valence-corrected chi connectivity index (χ4v) is 2.03. The molecule has 0 aromatic carbocycles. The topological polar surface area (TPSA) is 114 Å². The highest BCUT2D eigenvalue weighted by molar-refractivity contribution is 5.07. The van der Waals surface area contributed by atoms with Crippen molar-refractivity contribution in [2.45, 2.75) is 38.4 Å². The molecule has 1 aromatic rings. The smallest absolute Gasteiger partial charge is 0.353 e. The lowest BCUT2D eigenvalue weighted by Gasteiger charge is -2.17. The number of aromatic nitrogens is 2. The van der Waals surface area contributed by atoms with Crippen molar-refractivity contribution in [3.05, 3.63) is 22.7 Å². The van der Waals surface area contributed by atoms with Crippen LogP contribution in [0.2, 0.25) is 0 Å². The molecule has 8 heteroatoms. The van der Waals surface area contributed by atoms with Gasteiger partial charge in [0.25, 0.3) is 0 Å². The molecular weight excluding hydrogens is 280 g/mol. The van der Waals surface area contributed by atoms with Gasteiger partial charge in [-0.15, -0.1) is 0 Å². The zero-order valence-electron chi connectivity index (χ0n) is 11.9. The summed E-state index contributed by atoms with van der Waals surface area (Å²) in [6, 6.07) is 1.48. The summed E-state index contributed by atoms with van der Waals surface area (Å²) in [6.07, 6.45) is -3.22. The highest BCUT2D eigenvalue weighted by Gasteiger charge is 2.43. The van der Waals surface area contributed by atoms with Crippen LogP contribution >= 0.6 is 0 Å². The van der Waals surface area contributed by atoms with Gasteiger partial charge in [0.05, 0.1) is 13.2 Å². The lowest BCUT2D eigenvalue weighted by Crippen LogP contribution is -2.36. The number of hydrogen-bond acceptors (Lipinski definition) is 7. The van der Waals surface area contributed by atoms with E-state index in [4.69, 9.17) is 14.6 Å². The second-order valence-electron chi connectivity index (χ2n) is 5.39. The third kappa shape index (κ3) is 3.41. The number of hydrogen-bond donors (Lipinski definition) is 3. The highest BCUT2D eigenvalue weighted by atomic mass is 16.6. The van der Waals surface area contributed by atoms with E-state index in [1.807, 2.05) is 13.8 Å². The summed E-state index contributed by atoms with van der Waals surface area (Å²) in [5.74, 6) is 0.492. The minimum Gasteiger partial charge on any atom is -0.477 e. The molecule has 0 bridgehead atoms. The SMILES string of the molecule is CC(C)COc1ccn([C@@H]2O[C@H](CO)[C@@H](O)[C@H]2O)c(=O)n1. The summed E-state index contributed by atoms with van der Waals surface area (Å²) in [6.45, 7) is 3.93. The molecule has 1 aliphatic rings. The largest absolute Gasteiger partial charge is 0.477 e. The molecule has 21 heavy (non-hydrogen) atoms. The summed E-state index contributed by atoms with van der Waals surface area (Å²) >= 11 is 0. The first-order valence-corrected chi connectivity index (χ1v) is 6.78. The molecule has 3 N–H and O–H groups in total. The Balaban J connectivity index is 2.16. The standard InChI is InChI=1S/C13H20N2O6/c1-7(2)6-20-9-3-4-15(13(19)14-9)12-11(18)10(17)8(5-16)21-12/h3-4,7-8,10-12,16-18H,5-6H2,1-2H3/t8-,10-,11-,12-/m1/s1. The Morgan fingerprint density at radius 3 is 2.67 bits per heavy atom. The fraction of sp³-hybridized carbons (Fsp3) is 0.692. The molecule has 1 fully saturated rings. The molecule has 1 aromatic heterocycles. The van der Waals surface area contributed by atoms with Gasteiger partial charge in [-0.1, -0.05) is 13.8 Å². The van der Waals surface area contributed by atoms with E-state index in [0.717, 1.165) is 4.57 Å². The van der Waals surface area contributed by atoms with Crippen molar-refractivity contribution in [3.63, 3.8) is 0 Å². The quantitative estimate of drug-likeness (QED) is 0.631. The first-order valence-electron chi connectivity index (χ1n) is 6.78. The maximum atomic E-state index is 12.0. The summed E-state index contributed by atoms with van der Waals surface area (Å²) in [7, 11) is 0. The van der Waals surface area contributed by atoms with Crippen LogP contribution in [0.15, 0.2) is 17.1 Å². The maximum Gasteiger partial charge on any atom is 0.353 e. The Labute approximate surface area is 121 Å². The summed E-state index contributed by atoms with van der Waals surface area (Å²) in [5, 5.41) is 28.6. The van der Waals surface area contributed by atoms with Crippen molar-refractivity contribution in [1.29, 1.82) is 0 Å². The summed E-state index contributed by atoms with van der Waals surface area (Å²) in [5.41, 5.74) is -0.661. The van der Waals surface area contributed by atoms with Gasteiger partial charge in [0.2, 0.25) is 5.88 Å². The van der Waals surface area contributed by atoms with Gasteiger partial charge >= 0.3 is 5.69 Å². The summed E-state index contributed by atoms with van der Waals surface area (Å²) in [4.78, 5) is 15.7. The predicted octanol–water partition coefficient (Wildman–Crippen LogP) is -1.11. The molecule has 2 rings (SSSR count). The van der Waals surface area contributed by atoms with E-state index in [1.54, 1.807) is 0 Å². The van der Waals surface area contributed by atoms with E-state index in [-0.39, 0.29) is 5.88 Å². The van der Waals surface area contributed by atoms with Gasteiger partial charge in [0.15, 0.2) is 6.23 Å². The zero-order valence-corrected chi connectivity index (χ0v) is 11.9. The highest BCUT2D eigenvalue weighted by Crippen LogP contribution is 2.28. The van der Waals surface area contributed by atoms with Gasteiger partial charge < -0.3 is 24.8 Å². The molecule has 4 atom stereocenters. The molecule has 2 heterocycles. The maximum absolute atomic E-state index is 12.0. The van der Waals surface area contributed by atoms with Gasteiger partial charge in [0, 0.05) is 12.3 Å². The Bertz CT molecular complexity index is 532. The predicted molar refractivity (Wildman–Crippen MR) is 71.8 cm³/mol. The van der Waals surface area contributed by atoms with Crippen LogP contribution in [-0.2, 0) is 4.74 Å². The molecule has 0 radical (unpaired) electrons. The lowest BCUT2D eigenvalue weighted by atomic mass is 10.1. The van der Waals surface area contributed by atoms with Gasteiger partial charge in [0.1, 0.15) is 18.3 Å². The van der Waals surface area contributed by atoms with Gasteiger partial charge in [-0.05, 0) is 5.92 Å². The van der Waals surface area contributed by atoms with Crippen LogP contribution < -0.4 is 10.4 Å². The molecule has 0 amide bonds. The molecule has 0 saturated carbocycles. The zero-order chi connectivity index (χ0) is 15.6. The Morgan fingerprint density at radius 2 is 2.14 bits per heavy atom. The van der Waals surface area contributed by atoms with Crippen LogP contribution in [0.3, 0.4) is 0 Å². The normalized spacial score (nSPS) is 29.0. The molecule has 118 valence electrons. The average Bonchev–Trinajstić information content (AvgIpc) is 2.73. The molecular formula is C13H20N2O6. The van der Waals surface area contributed by atoms with E-state index in [2.05, 4.69) is 4.98 Å². The Morgan fingerprint density at radius 1 is 1.43 bits per heavy atom. The Kier molecular flexibility index (Phi) is 4.94. The minimum absolute atomic E-state index is 0.191. The number of rotatable bonds is 5. The van der Waals surface area contributed by atoms with Gasteiger partial charge in [-0.25, -0.2) is 4.79 Å². The van der Waals surface area contributed by atoms with E-state index in [9.17, 15) is 15.0 Å². The monoisotopic (exact) mass is 300 g/mol. The molecule has 8 nitrogen and oxygen atoms in total. The van der Waals surface area contributed by atoms with Crippen molar-refractivity contribution in [3.8, 4) is 5.88 Å². The van der Waals surface area contributed by atoms with Crippen LogP contribution in [0.5, 0.6) is 5.88 Å². The number of nitrogens with zero attached hydrogens (tertiary/aromatic N) is 2. The van der Waals surface area contributed by atoms with E-state index < -0.39 is 36.8 Å². The van der Waals surface area contributed by atoms with E-state index in [1.165, 1.54) is 12.3 Å². The summed E-state index contributed by atoms with van der Waals surface area (Å²) < 4.78 is 11.7. The minimum atomic E-state index is -1.32. The molecule has 1 aliphatic heterocycles. The first kappa shape index (κ1) is 15.9. The van der Waals surface area contributed by atoms with Crippen molar-refractivity contribution < 1.29 is 24.8 Å². The van der Waals surface area contributed by atoms with Crippen molar-refractivity contribution >= 4 is 0 Å². The average molecular weight is 300 g/mol. The molecule has 0 spiro atoms. The van der Waals surface area contributed by atoms with Crippen LogP contribution in [-0.4, -0.2) is 56.4 Å². The van der Waals surface area contributed by atoms with Crippen molar-refractivity contribution in [1.82, 2.24) is 9.55 Å². The van der Waals surface area contributed by atoms with Crippen LogP contribution in [0.4, 0.5) is 0 Å². The fourth-order valence-electron chi connectivity index (χ4n) is 2.03. The molecule has 0 unspecified atom stereocenters. The van der Waals surface area contributed by atoms with Crippen molar-refractivity contribution in [2.75, 3.05) is 13.2 Å². The van der Waals surface area contributed by atoms with Crippen LogP contribution in [0.1, 0.15) is 20.1 Å².